The molecule has 1 atom stereocenters. The predicted molar refractivity (Wildman–Crippen MR) is 102 cm³/mol. The summed E-state index contributed by atoms with van der Waals surface area (Å²) in [6.07, 6.45) is 3.57. The number of ether oxygens (including phenoxy) is 1. The van der Waals surface area contributed by atoms with Crippen LogP contribution in [0.25, 0.3) is 6.08 Å². The van der Waals surface area contributed by atoms with Gasteiger partial charge in [0.05, 0.1) is 17.2 Å². The number of rotatable bonds is 5. The van der Waals surface area contributed by atoms with Crippen LogP contribution < -0.4 is 4.90 Å². The van der Waals surface area contributed by atoms with Crippen LogP contribution in [0.4, 0.5) is 14.9 Å². The molecule has 0 spiro atoms. The summed E-state index contributed by atoms with van der Waals surface area (Å²) in [5.74, 6) is -1.57. The Balaban J connectivity index is 1.79. The van der Waals surface area contributed by atoms with E-state index in [0.29, 0.717) is 11.3 Å². The molecule has 144 valence electrons. The molecule has 0 aliphatic carbocycles. The first-order valence-corrected chi connectivity index (χ1v) is 9.72. The molecule has 0 N–H and O–H groups in total. The van der Waals surface area contributed by atoms with Crippen molar-refractivity contribution < 1.29 is 23.5 Å². The van der Waals surface area contributed by atoms with Crippen molar-refractivity contribution in [2.45, 2.75) is 32.7 Å². The molecular formula is C19H21FN2O4S. The molecule has 1 aromatic carbocycles. The lowest BCUT2D eigenvalue weighted by atomic mass is 10.1. The number of nitrogens with zero attached hydrogens (tertiary/aromatic N) is 2. The van der Waals surface area contributed by atoms with Crippen molar-refractivity contribution in [3.05, 3.63) is 34.5 Å². The molecule has 2 aliphatic rings. The van der Waals surface area contributed by atoms with Gasteiger partial charge in [0.1, 0.15) is 11.9 Å². The minimum atomic E-state index is -1.00. The number of amides is 2. The third-order valence-electron chi connectivity index (χ3n) is 4.55. The van der Waals surface area contributed by atoms with E-state index in [1.165, 1.54) is 19.1 Å². The molecule has 0 unspecified atom stereocenters. The summed E-state index contributed by atoms with van der Waals surface area (Å²) in [7, 11) is 0. The molecule has 0 radical (unpaired) electrons. The lowest BCUT2D eigenvalue weighted by molar-refractivity contribution is -0.150. The van der Waals surface area contributed by atoms with Gasteiger partial charge in [-0.1, -0.05) is 6.07 Å². The first kappa shape index (κ1) is 19.4. The SMILES string of the molecule is CCOC(=O)[C@@H](C)N1C(=O)S/C(=C/c2ccc(N3CCCC3)c(F)c2)C1=O. The second kappa shape index (κ2) is 8.12. The number of halogens is 1. The minimum Gasteiger partial charge on any atom is -0.464 e. The zero-order valence-corrected chi connectivity index (χ0v) is 16.1. The lowest BCUT2D eigenvalue weighted by Gasteiger charge is -2.19. The second-order valence-corrected chi connectivity index (χ2v) is 7.38. The van der Waals surface area contributed by atoms with E-state index in [9.17, 15) is 18.8 Å². The largest absolute Gasteiger partial charge is 0.464 e. The zero-order valence-electron chi connectivity index (χ0n) is 15.2. The number of hydrogen-bond donors (Lipinski definition) is 0. The Kier molecular flexibility index (Phi) is 5.84. The van der Waals surface area contributed by atoms with Gasteiger partial charge in [0.2, 0.25) is 0 Å². The molecule has 8 heteroatoms. The number of thioether (sulfide) groups is 1. The Morgan fingerprint density at radius 2 is 2.04 bits per heavy atom. The molecular weight excluding hydrogens is 371 g/mol. The van der Waals surface area contributed by atoms with Crippen LogP contribution in [0.1, 0.15) is 32.3 Å². The number of carbonyl (C=O) groups is 3. The molecule has 2 amide bonds. The lowest BCUT2D eigenvalue weighted by Crippen LogP contribution is -2.42. The standard InChI is InChI=1S/C19H21FN2O4S/c1-3-26-18(24)12(2)22-17(23)16(27-19(22)25)11-13-6-7-15(14(20)10-13)21-8-4-5-9-21/h6-7,10-12H,3-5,8-9H2,1-2H3/b16-11+/t12-/m1/s1. The smallest absolute Gasteiger partial charge is 0.329 e. The minimum absolute atomic E-state index is 0.157. The van der Waals surface area contributed by atoms with Gasteiger partial charge in [0, 0.05) is 13.1 Å². The first-order valence-electron chi connectivity index (χ1n) is 8.90. The summed E-state index contributed by atoms with van der Waals surface area (Å²) in [6.45, 7) is 4.93. The van der Waals surface area contributed by atoms with E-state index in [1.807, 2.05) is 4.90 Å². The van der Waals surface area contributed by atoms with Crippen LogP contribution in [0, 0.1) is 5.82 Å². The summed E-state index contributed by atoms with van der Waals surface area (Å²) >= 11 is 0.734. The monoisotopic (exact) mass is 392 g/mol. The summed E-state index contributed by atoms with van der Waals surface area (Å²) in [4.78, 5) is 39.6. The number of esters is 1. The summed E-state index contributed by atoms with van der Waals surface area (Å²) < 4.78 is 19.3. The van der Waals surface area contributed by atoms with E-state index in [2.05, 4.69) is 0 Å². The molecule has 1 aromatic rings. The highest BCUT2D eigenvalue weighted by Crippen LogP contribution is 2.34. The fourth-order valence-corrected chi connectivity index (χ4v) is 4.07. The van der Waals surface area contributed by atoms with Crippen LogP contribution in [-0.2, 0) is 14.3 Å². The number of anilines is 1. The van der Waals surface area contributed by atoms with Crippen LogP contribution in [-0.4, -0.2) is 47.8 Å². The van der Waals surface area contributed by atoms with Gasteiger partial charge >= 0.3 is 5.97 Å². The quantitative estimate of drug-likeness (QED) is 0.565. The summed E-state index contributed by atoms with van der Waals surface area (Å²) in [6, 6.07) is 3.77. The van der Waals surface area contributed by atoms with Crippen molar-refractivity contribution in [2.24, 2.45) is 0 Å². The molecule has 3 rings (SSSR count). The molecule has 2 fully saturated rings. The molecule has 0 bridgehead atoms. The number of carbonyl (C=O) groups excluding carboxylic acids is 3. The Hall–Kier alpha value is -2.35. The van der Waals surface area contributed by atoms with Crippen LogP contribution in [0.2, 0.25) is 0 Å². The Bertz CT molecular complexity index is 805. The van der Waals surface area contributed by atoms with Crippen LogP contribution in [0.5, 0.6) is 0 Å². The molecule has 27 heavy (non-hydrogen) atoms. The molecule has 0 saturated carbocycles. The molecule has 6 nitrogen and oxygen atoms in total. The Morgan fingerprint density at radius 3 is 2.67 bits per heavy atom. The Labute approximate surface area is 161 Å². The van der Waals surface area contributed by atoms with Crippen molar-refractivity contribution in [2.75, 3.05) is 24.6 Å². The van der Waals surface area contributed by atoms with Gasteiger partial charge in [0.15, 0.2) is 0 Å². The van der Waals surface area contributed by atoms with Crippen molar-refractivity contribution >= 4 is 40.6 Å². The number of imide groups is 1. The van der Waals surface area contributed by atoms with E-state index in [0.717, 1.165) is 42.6 Å². The first-order chi connectivity index (χ1) is 12.9. The third-order valence-corrected chi connectivity index (χ3v) is 5.44. The number of hydrogen-bond acceptors (Lipinski definition) is 6. The fourth-order valence-electron chi connectivity index (χ4n) is 3.16. The van der Waals surface area contributed by atoms with E-state index < -0.39 is 23.2 Å². The average Bonchev–Trinajstić information content (AvgIpc) is 3.24. The average molecular weight is 392 g/mol. The topological polar surface area (TPSA) is 66.9 Å². The molecule has 2 heterocycles. The molecule has 2 saturated heterocycles. The highest BCUT2D eigenvalue weighted by atomic mass is 32.2. The van der Waals surface area contributed by atoms with Crippen molar-refractivity contribution in [3.8, 4) is 0 Å². The van der Waals surface area contributed by atoms with Gasteiger partial charge in [-0.15, -0.1) is 0 Å². The van der Waals surface area contributed by atoms with E-state index in [-0.39, 0.29) is 17.3 Å². The van der Waals surface area contributed by atoms with Gasteiger partial charge in [-0.05, 0) is 62.2 Å². The Morgan fingerprint density at radius 1 is 1.33 bits per heavy atom. The fraction of sp³-hybridized carbons (Fsp3) is 0.421. The maximum absolute atomic E-state index is 14.4. The maximum atomic E-state index is 14.4. The zero-order chi connectivity index (χ0) is 19.6. The van der Waals surface area contributed by atoms with Gasteiger partial charge in [-0.3, -0.25) is 14.5 Å². The predicted octanol–water partition coefficient (Wildman–Crippen LogP) is 3.41. The highest BCUT2D eigenvalue weighted by Gasteiger charge is 2.41. The van der Waals surface area contributed by atoms with E-state index in [4.69, 9.17) is 4.74 Å². The van der Waals surface area contributed by atoms with Crippen LogP contribution in [0.15, 0.2) is 23.1 Å². The van der Waals surface area contributed by atoms with Gasteiger partial charge < -0.3 is 9.64 Å². The number of benzene rings is 1. The maximum Gasteiger partial charge on any atom is 0.329 e. The molecule has 2 aliphatic heterocycles. The normalized spacial score (nSPS) is 19.9. The van der Waals surface area contributed by atoms with Gasteiger partial charge in [-0.25, -0.2) is 9.18 Å². The van der Waals surface area contributed by atoms with Crippen LogP contribution >= 0.6 is 11.8 Å². The van der Waals surface area contributed by atoms with Crippen molar-refractivity contribution in [1.82, 2.24) is 4.90 Å². The van der Waals surface area contributed by atoms with E-state index >= 15 is 0 Å². The van der Waals surface area contributed by atoms with Gasteiger partial charge in [-0.2, -0.15) is 0 Å². The summed E-state index contributed by atoms with van der Waals surface area (Å²) in [5, 5.41) is -0.541. The molecule has 0 aromatic heterocycles. The third kappa shape index (κ3) is 4.00. The second-order valence-electron chi connectivity index (χ2n) is 6.38. The highest BCUT2D eigenvalue weighted by molar-refractivity contribution is 8.18. The van der Waals surface area contributed by atoms with Crippen molar-refractivity contribution in [1.29, 1.82) is 0 Å². The van der Waals surface area contributed by atoms with Crippen molar-refractivity contribution in [3.63, 3.8) is 0 Å². The van der Waals surface area contributed by atoms with Gasteiger partial charge in [0.25, 0.3) is 11.1 Å². The van der Waals surface area contributed by atoms with E-state index in [1.54, 1.807) is 19.1 Å². The summed E-state index contributed by atoms with van der Waals surface area (Å²) in [5.41, 5.74) is 1.04. The van der Waals surface area contributed by atoms with Crippen LogP contribution in [0.3, 0.4) is 0 Å².